The number of halogens is 1. The third kappa shape index (κ3) is 16.3. The summed E-state index contributed by atoms with van der Waals surface area (Å²) in [4.78, 5) is 39.9. The number of morpholine rings is 1. The number of rotatable bonds is 6. The van der Waals surface area contributed by atoms with Gasteiger partial charge in [-0.1, -0.05) is 50.1 Å². The Kier molecular flexibility index (Phi) is 18.7. The van der Waals surface area contributed by atoms with Gasteiger partial charge in [0.05, 0.1) is 19.1 Å². The Morgan fingerprint density at radius 1 is 0.956 bits per heavy atom. The monoisotopic (exact) mass is 648 g/mol. The average molecular weight is 649 g/mol. The molecule has 3 saturated heterocycles. The van der Waals surface area contributed by atoms with Crippen molar-refractivity contribution in [3.63, 3.8) is 0 Å². The molecule has 5 rings (SSSR count). The molecule has 1 N–H and O–H groups in total. The number of carbonyl (C=O) groups is 3. The molecule has 256 valence electrons. The number of ether oxygens (including phenoxy) is 1. The Morgan fingerprint density at radius 3 is 2.04 bits per heavy atom. The fraction of sp³-hybridized carbons (Fsp3) is 0.750. The van der Waals surface area contributed by atoms with Crippen LogP contribution in [0.3, 0.4) is 0 Å². The van der Waals surface area contributed by atoms with Crippen molar-refractivity contribution in [2.45, 2.75) is 110 Å². The number of carbonyl (C=O) groups excluding carboxylic acids is 3. The Bertz CT molecular complexity index is 954. The minimum atomic E-state index is 0.208. The van der Waals surface area contributed by atoms with Crippen LogP contribution < -0.4 is 5.32 Å². The van der Waals surface area contributed by atoms with E-state index in [9.17, 15) is 14.4 Å². The highest BCUT2D eigenvalue weighted by atomic mass is 35.5. The molecule has 4 aliphatic rings. The van der Waals surface area contributed by atoms with Gasteiger partial charge in [0.1, 0.15) is 0 Å². The Hall–Kier alpha value is -2.16. The van der Waals surface area contributed by atoms with Crippen molar-refractivity contribution in [1.29, 1.82) is 0 Å². The van der Waals surface area contributed by atoms with Crippen molar-refractivity contribution in [2.75, 3.05) is 52.5 Å². The number of nitrogens with zero attached hydrogens (tertiary/aromatic N) is 3. The van der Waals surface area contributed by atoms with E-state index in [-0.39, 0.29) is 17.4 Å². The maximum atomic E-state index is 12.2. The lowest BCUT2D eigenvalue weighted by atomic mass is 9.87. The fourth-order valence-corrected chi connectivity index (χ4v) is 6.05. The van der Waals surface area contributed by atoms with Crippen molar-refractivity contribution in [2.24, 2.45) is 11.8 Å². The van der Waals surface area contributed by atoms with Crippen LogP contribution in [-0.2, 0) is 19.1 Å². The van der Waals surface area contributed by atoms with Crippen LogP contribution >= 0.6 is 11.6 Å². The molecule has 1 aliphatic carbocycles. The lowest BCUT2D eigenvalue weighted by molar-refractivity contribution is -0.134. The molecular weight excluding hydrogens is 588 g/mol. The first-order valence-electron chi connectivity index (χ1n) is 17.3. The standard InChI is InChI=1S/C13H24N2O.C12H23NO.C6H5Cl.C5H9NO2/c1-13(2,3)15-9-6-11(10-15)12(16)14-7-4-5-8-14;1-3-4-5-12(14)13-11-8-6-10(2)7-9-11;7-6-4-2-1-3-5-6;7-5-6-1-3-8-4-2-6/h11H,4-10H2,1-3H3;10-11H,3-9H2,1-2H3,(H,13,14);1-5H;5H,1-4H2. The number of hydrogen-bond acceptors (Lipinski definition) is 5. The number of unbranched alkanes of at least 4 members (excludes halogenated alkanes) is 1. The third-order valence-electron chi connectivity index (χ3n) is 8.97. The lowest BCUT2D eigenvalue weighted by Crippen LogP contribution is -2.41. The second kappa shape index (κ2) is 21.6. The van der Waals surface area contributed by atoms with Gasteiger partial charge < -0.3 is 19.9 Å². The zero-order chi connectivity index (χ0) is 33.1. The summed E-state index contributed by atoms with van der Waals surface area (Å²) in [5, 5.41) is 3.93. The van der Waals surface area contributed by atoms with E-state index in [1.54, 1.807) is 4.90 Å². The molecule has 3 aliphatic heterocycles. The van der Waals surface area contributed by atoms with E-state index in [1.165, 1.54) is 38.5 Å². The second-order valence-electron chi connectivity index (χ2n) is 13.8. The second-order valence-corrected chi connectivity index (χ2v) is 14.2. The molecule has 0 aromatic heterocycles. The highest BCUT2D eigenvalue weighted by molar-refractivity contribution is 6.30. The molecule has 4 fully saturated rings. The van der Waals surface area contributed by atoms with Gasteiger partial charge in [-0.3, -0.25) is 19.3 Å². The third-order valence-corrected chi connectivity index (χ3v) is 9.22. The summed E-state index contributed by atoms with van der Waals surface area (Å²) in [6.45, 7) is 18.0. The van der Waals surface area contributed by atoms with E-state index in [1.807, 2.05) is 30.3 Å². The number of likely N-dealkylation sites (tertiary alicyclic amines) is 2. The molecule has 1 aromatic carbocycles. The Balaban J connectivity index is 0.000000221. The summed E-state index contributed by atoms with van der Waals surface area (Å²) in [7, 11) is 0. The highest BCUT2D eigenvalue weighted by Gasteiger charge is 2.36. The summed E-state index contributed by atoms with van der Waals surface area (Å²) in [5.74, 6) is 1.78. The van der Waals surface area contributed by atoms with Crippen LogP contribution in [0.5, 0.6) is 0 Å². The van der Waals surface area contributed by atoms with Crippen molar-refractivity contribution < 1.29 is 19.1 Å². The van der Waals surface area contributed by atoms with Crippen molar-refractivity contribution in [1.82, 2.24) is 20.0 Å². The fourth-order valence-electron chi connectivity index (χ4n) is 5.91. The van der Waals surface area contributed by atoms with Gasteiger partial charge in [0, 0.05) is 55.7 Å². The molecule has 0 spiro atoms. The first kappa shape index (κ1) is 39.0. The van der Waals surface area contributed by atoms with Crippen molar-refractivity contribution in [3.05, 3.63) is 35.4 Å². The molecule has 45 heavy (non-hydrogen) atoms. The van der Waals surface area contributed by atoms with Crippen LogP contribution in [0.15, 0.2) is 30.3 Å². The van der Waals surface area contributed by atoms with E-state index in [2.05, 4.69) is 49.7 Å². The molecule has 9 heteroatoms. The quantitative estimate of drug-likeness (QED) is 0.360. The number of amides is 3. The first-order chi connectivity index (χ1) is 21.5. The van der Waals surface area contributed by atoms with Gasteiger partial charge in [-0.25, -0.2) is 0 Å². The van der Waals surface area contributed by atoms with Gasteiger partial charge in [-0.05, 0) is 96.7 Å². The van der Waals surface area contributed by atoms with Gasteiger partial charge in [-0.2, -0.15) is 0 Å². The van der Waals surface area contributed by atoms with E-state index >= 15 is 0 Å². The summed E-state index contributed by atoms with van der Waals surface area (Å²) in [6, 6.07) is 9.91. The van der Waals surface area contributed by atoms with E-state index in [4.69, 9.17) is 16.3 Å². The van der Waals surface area contributed by atoms with Gasteiger partial charge in [-0.15, -0.1) is 0 Å². The summed E-state index contributed by atoms with van der Waals surface area (Å²) in [5.41, 5.74) is 0.208. The van der Waals surface area contributed by atoms with Gasteiger partial charge in [0.15, 0.2) is 0 Å². The number of benzene rings is 1. The van der Waals surface area contributed by atoms with Crippen LogP contribution in [0.25, 0.3) is 0 Å². The zero-order valence-corrected chi connectivity index (χ0v) is 29.5. The van der Waals surface area contributed by atoms with Gasteiger partial charge >= 0.3 is 0 Å². The van der Waals surface area contributed by atoms with Gasteiger partial charge in [0.2, 0.25) is 18.2 Å². The molecule has 1 unspecified atom stereocenters. The molecule has 8 nitrogen and oxygen atoms in total. The molecule has 1 atom stereocenters. The van der Waals surface area contributed by atoms with E-state index < -0.39 is 0 Å². The van der Waals surface area contributed by atoms with Crippen LogP contribution in [0.4, 0.5) is 0 Å². The lowest BCUT2D eigenvalue weighted by Gasteiger charge is -2.31. The van der Waals surface area contributed by atoms with Crippen LogP contribution in [0.1, 0.15) is 98.8 Å². The van der Waals surface area contributed by atoms with E-state index in [0.717, 1.165) is 75.9 Å². The predicted molar refractivity (Wildman–Crippen MR) is 184 cm³/mol. The highest BCUT2D eigenvalue weighted by Crippen LogP contribution is 2.27. The van der Waals surface area contributed by atoms with Crippen LogP contribution in [0, 0.1) is 11.8 Å². The van der Waals surface area contributed by atoms with Crippen LogP contribution in [0.2, 0.25) is 5.02 Å². The molecular formula is C36H61ClN4O4. The molecule has 1 saturated carbocycles. The first-order valence-corrected chi connectivity index (χ1v) is 17.7. The predicted octanol–water partition coefficient (Wildman–Crippen LogP) is 6.42. The maximum Gasteiger partial charge on any atom is 0.227 e. The number of hydrogen-bond donors (Lipinski definition) is 1. The Labute approximate surface area is 278 Å². The molecule has 0 radical (unpaired) electrons. The largest absolute Gasteiger partial charge is 0.378 e. The normalized spacial score (nSPS) is 23.4. The van der Waals surface area contributed by atoms with Crippen LogP contribution in [-0.4, -0.2) is 97.0 Å². The maximum absolute atomic E-state index is 12.2. The summed E-state index contributed by atoms with van der Waals surface area (Å²) in [6.07, 6.45) is 12.1. The van der Waals surface area contributed by atoms with Crippen molar-refractivity contribution in [3.8, 4) is 0 Å². The molecule has 3 heterocycles. The Morgan fingerprint density at radius 2 is 1.58 bits per heavy atom. The van der Waals surface area contributed by atoms with Gasteiger partial charge in [0.25, 0.3) is 0 Å². The number of nitrogens with one attached hydrogen (secondary N) is 1. The minimum absolute atomic E-state index is 0.208. The van der Waals surface area contributed by atoms with E-state index in [0.29, 0.717) is 31.6 Å². The molecule has 3 amide bonds. The molecule has 1 aromatic rings. The smallest absolute Gasteiger partial charge is 0.227 e. The zero-order valence-electron chi connectivity index (χ0n) is 28.8. The average Bonchev–Trinajstić information content (AvgIpc) is 3.76. The molecule has 0 bridgehead atoms. The minimum Gasteiger partial charge on any atom is -0.378 e. The summed E-state index contributed by atoms with van der Waals surface area (Å²) >= 11 is 5.54. The SMILES string of the molecule is CC(C)(C)N1CCC(C(=O)N2CCCC2)C1.CCCCC(=O)NC1CCC(C)CC1.Clc1ccccc1.O=CN1CCOCC1. The summed E-state index contributed by atoms with van der Waals surface area (Å²) < 4.78 is 5.00. The van der Waals surface area contributed by atoms with Crippen molar-refractivity contribution >= 4 is 29.8 Å². The topological polar surface area (TPSA) is 82.2 Å².